The number of ether oxygens (including phenoxy) is 2. The van der Waals surface area contributed by atoms with E-state index in [2.05, 4.69) is 4.74 Å². The van der Waals surface area contributed by atoms with Gasteiger partial charge in [0, 0.05) is 17.2 Å². The van der Waals surface area contributed by atoms with Crippen LogP contribution in [0.25, 0.3) is 0 Å². The molecule has 0 spiro atoms. The maximum atomic E-state index is 12.1. The lowest BCUT2D eigenvalue weighted by Gasteiger charge is -2.16. The quantitative estimate of drug-likeness (QED) is 0.459. The monoisotopic (exact) mass is 329 g/mol. The van der Waals surface area contributed by atoms with E-state index in [-0.39, 0.29) is 17.7 Å². The second-order valence-electron chi connectivity index (χ2n) is 4.87. The largest absolute Gasteiger partial charge is 0.466 e. The fourth-order valence-electron chi connectivity index (χ4n) is 2.15. The molecule has 0 heterocycles. The number of nitro benzene ring substituents is 1. The molecule has 124 valence electrons. The number of esters is 2. The predicted molar refractivity (Wildman–Crippen MR) is 84.1 cm³/mol. The molecule has 24 heavy (non-hydrogen) atoms. The van der Waals surface area contributed by atoms with Gasteiger partial charge < -0.3 is 9.47 Å². The van der Waals surface area contributed by atoms with Crippen molar-refractivity contribution in [1.82, 2.24) is 0 Å². The van der Waals surface area contributed by atoms with Crippen LogP contribution >= 0.6 is 0 Å². The van der Waals surface area contributed by atoms with Gasteiger partial charge in [-0.25, -0.2) is 4.79 Å². The van der Waals surface area contributed by atoms with Gasteiger partial charge in [0.15, 0.2) is 0 Å². The van der Waals surface area contributed by atoms with Gasteiger partial charge in [0.25, 0.3) is 5.69 Å². The lowest BCUT2D eigenvalue weighted by molar-refractivity contribution is -0.385. The molecule has 0 fully saturated rings. The number of hydrogen-bond donors (Lipinski definition) is 0. The number of methoxy groups -OCH3 is 1. The van der Waals surface area contributed by atoms with Crippen molar-refractivity contribution in [2.45, 2.75) is 12.5 Å². The van der Waals surface area contributed by atoms with Crippen LogP contribution in [0.2, 0.25) is 0 Å². The number of carbonyl (C=O) groups excluding carboxylic acids is 2. The Morgan fingerprint density at radius 2 is 1.71 bits per heavy atom. The zero-order valence-corrected chi connectivity index (χ0v) is 12.9. The van der Waals surface area contributed by atoms with E-state index in [1.165, 1.54) is 25.3 Å². The van der Waals surface area contributed by atoms with Gasteiger partial charge >= 0.3 is 11.9 Å². The van der Waals surface area contributed by atoms with Crippen LogP contribution in [0.1, 0.15) is 17.2 Å². The number of hydrogen-bond acceptors (Lipinski definition) is 6. The van der Waals surface area contributed by atoms with Crippen molar-refractivity contribution in [2.24, 2.45) is 0 Å². The fraction of sp³-hybridized carbons (Fsp3) is 0.176. The Bertz CT molecular complexity index is 744. The Kier molecular flexibility index (Phi) is 5.62. The summed E-state index contributed by atoms with van der Waals surface area (Å²) in [4.78, 5) is 34.4. The van der Waals surface area contributed by atoms with Crippen LogP contribution in [0.5, 0.6) is 0 Å². The topological polar surface area (TPSA) is 95.7 Å². The normalized spacial score (nSPS) is 11.4. The van der Waals surface area contributed by atoms with Gasteiger partial charge in [-0.1, -0.05) is 48.5 Å². The number of carbonyl (C=O) groups is 2. The van der Waals surface area contributed by atoms with Crippen molar-refractivity contribution in [2.75, 3.05) is 7.11 Å². The van der Waals surface area contributed by atoms with E-state index >= 15 is 0 Å². The maximum Gasteiger partial charge on any atom is 0.351 e. The second-order valence-corrected chi connectivity index (χ2v) is 4.87. The summed E-state index contributed by atoms with van der Waals surface area (Å²) >= 11 is 0. The van der Waals surface area contributed by atoms with Gasteiger partial charge in [0.2, 0.25) is 6.10 Å². The van der Waals surface area contributed by atoms with E-state index in [4.69, 9.17) is 4.74 Å². The summed E-state index contributed by atoms with van der Waals surface area (Å²) in [5, 5.41) is 11.0. The highest BCUT2D eigenvalue weighted by atomic mass is 16.6. The van der Waals surface area contributed by atoms with Gasteiger partial charge in [0.05, 0.1) is 18.5 Å². The van der Waals surface area contributed by atoms with Crippen molar-refractivity contribution in [3.8, 4) is 0 Å². The van der Waals surface area contributed by atoms with Gasteiger partial charge in [0.1, 0.15) is 0 Å². The van der Waals surface area contributed by atoms with Crippen molar-refractivity contribution in [3.63, 3.8) is 0 Å². The Balaban J connectivity index is 2.17. The third kappa shape index (κ3) is 4.16. The Hall–Kier alpha value is -3.22. The van der Waals surface area contributed by atoms with E-state index in [0.29, 0.717) is 5.56 Å². The first-order chi connectivity index (χ1) is 11.5. The summed E-state index contributed by atoms with van der Waals surface area (Å²) in [5.41, 5.74) is 0.494. The Morgan fingerprint density at radius 3 is 2.33 bits per heavy atom. The minimum Gasteiger partial charge on any atom is -0.466 e. The lowest BCUT2D eigenvalue weighted by atomic mass is 10.1. The summed E-state index contributed by atoms with van der Waals surface area (Å²) in [6.07, 6.45) is -1.54. The smallest absolute Gasteiger partial charge is 0.351 e. The first kappa shape index (κ1) is 17.1. The van der Waals surface area contributed by atoms with E-state index in [9.17, 15) is 19.7 Å². The zero-order chi connectivity index (χ0) is 17.5. The van der Waals surface area contributed by atoms with Gasteiger partial charge in [-0.15, -0.1) is 0 Å². The molecule has 0 saturated heterocycles. The molecular formula is C17H15NO6. The van der Waals surface area contributed by atoms with E-state index in [1.807, 2.05) is 0 Å². The number of benzene rings is 2. The average Bonchev–Trinajstić information content (AvgIpc) is 2.60. The van der Waals surface area contributed by atoms with Crippen molar-refractivity contribution in [1.29, 1.82) is 0 Å². The summed E-state index contributed by atoms with van der Waals surface area (Å²) in [6.45, 7) is 0. The van der Waals surface area contributed by atoms with Crippen molar-refractivity contribution < 1.29 is 24.0 Å². The first-order valence-corrected chi connectivity index (χ1v) is 7.07. The maximum absolute atomic E-state index is 12.1. The first-order valence-electron chi connectivity index (χ1n) is 7.07. The van der Waals surface area contributed by atoms with Crippen LogP contribution in [-0.2, 0) is 25.5 Å². The number of nitrogens with zero attached hydrogens (tertiary/aromatic N) is 1. The third-order valence-corrected chi connectivity index (χ3v) is 3.29. The van der Waals surface area contributed by atoms with Gasteiger partial charge in [-0.3, -0.25) is 14.9 Å². The van der Waals surface area contributed by atoms with Crippen molar-refractivity contribution >= 4 is 17.6 Å². The minimum atomic E-state index is -1.22. The SMILES string of the molecule is COC(=O)[C@H](OC(=O)Cc1ccccc1[N+](=O)[O-])c1ccccc1. The summed E-state index contributed by atoms with van der Waals surface area (Å²) in [7, 11) is 1.19. The lowest BCUT2D eigenvalue weighted by Crippen LogP contribution is -2.22. The molecule has 2 rings (SSSR count). The average molecular weight is 329 g/mol. The number of para-hydroxylation sites is 1. The third-order valence-electron chi connectivity index (χ3n) is 3.29. The van der Waals surface area contributed by atoms with E-state index in [0.717, 1.165) is 0 Å². The molecule has 0 aliphatic carbocycles. The zero-order valence-electron chi connectivity index (χ0n) is 12.9. The highest BCUT2D eigenvalue weighted by molar-refractivity contribution is 5.82. The highest BCUT2D eigenvalue weighted by Crippen LogP contribution is 2.22. The van der Waals surface area contributed by atoms with Crippen LogP contribution in [0.4, 0.5) is 5.69 Å². The molecule has 0 amide bonds. The predicted octanol–water partition coefficient (Wildman–Crippen LogP) is 2.59. The Morgan fingerprint density at radius 1 is 1.08 bits per heavy atom. The molecule has 2 aromatic carbocycles. The molecule has 0 bridgehead atoms. The molecule has 0 aliphatic heterocycles. The molecule has 0 radical (unpaired) electrons. The minimum absolute atomic E-state index is 0.177. The van der Waals surface area contributed by atoms with E-state index < -0.39 is 23.0 Å². The van der Waals surface area contributed by atoms with Gasteiger partial charge in [-0.2, -0.15) is 0 Å². The van der Waals surface area contributed by atoms with Crippen LogP contribution in [-0.4, -0.2) is 24.0 Å². The number of rotatable bonds is 6. The second kappa shape index (κ2) is 7.87. The molecule has 0 aliphatic rings. The summed E-state index contributed by atoms with van der Waals surface area (Å²) in [5.74, 6) is -1.49. The van der Waals surface area contributed by atoms with Crippen molar-refractivity contribution in [3.05, 3.63) is 75.8 Å². The molecule has 7 nitrogen and oxygen atoms in total. The van der Waals surface area contributed by atoms with E-state index in [1.54, 1.807) is 36.4 Å². The number of nitro groups is 1. The molecule has 7 heteroatoms. The molecule has 2 aromatic rings. The molecular weight excluding hydrogens is 314 g/mol. The fourth-order valence-corrected chi connectivity index (χ4v) is 2.15. The summed E-state index contributed by atoms with van der Waals surface area (Å²) < 4.78 is 9.85. The molecule has 0 aromatic heterocycles. The van der Waals surface area contributed by atoms with Gasteiger partial charge in [-0.05, 0) is 0 Å². The van der Waals surface area contributed by atoms with Crippen LogP contribution in [0.15, 0.2) is 54.6 Å². The molecule has 0 saturated carbocycles. The molecule has 1 atom stereocenters. The van der Waals surface area contributed by atoms with Crippen LogP contribution in [0.3, 0.4) is 0 Å². The molecule has 0 N–H and O–H groups in total. The molecule has 0 unspecified atom stereocenters. The highest BCUT2D eigenvalue weighted by Gasteiger charge is 2.26. The summed E-state index contributed by atoms with van der Waals surface area (Å²) in [6, 6.07) is 14.3. The van der Waals surface area contributed by atoms with Crippen LogP contribution < -0.4 is 0 Å². The standard InChI is InChI=1S/C17H15NO6/c1-23-17(20)16(12-7-3-2-4-8-12)24-15(19)11-13-9-5-6-10-14(13)18(21)22/h2-10,16H,11H2,1H3/t16-/m1/s1. The van der Waals surface area contributed by atoms with Crippen LogP contribution in [0, 0.1) is 10.1 Å². The Labute approximate surface area is 138 Å².